The van der Waals surface area contributed by atoms with Crippen molar-refractivity contribution in [3.8, 4) is 0 Å². The predicted octanol–water partition coefficient (Wildman–Crippen LogP) is 2.08. The number of aliphatic hydroxyl groups is 1. The van der Waals surface area contributed by atoms with E-state index in [-0.39, 0.29) is 23.1 Å². The molecular weight excluding hydrogens is 320 g/mol. The summed E-state index contributed by atoms with van der Waals surface area (Å²) < 4.78 is 26.4. The van der Waals surface area contributed by atoms with Crippen LogP contribution in [0.15, 0.2) is 23.1 Å². The molecule has 0 saturated carbocycles. The lowest BCUT2D eigenvalue weighted by atomic mass is 10.2. The average molecular weight is 337 g/mol. The summed E-state index contributed by atoms with van der Waals surface area (Å²) in [7, 11) is -3.79. The Kier molecular flexibility index (Phi) is 7.03. The van der Waals surface area contributed by atoms with Gasteiger partial charge >= 0.3 is 0 Å². The fourth-order valence-corrected chi connectivity index (χ4v) is 2.96. The normalized spacial score (nSPS) is 11.5. The van der Waals surface area contributed by atoms with Crippen molar-refractivity contribution in [2.45, 2.75) is 30.6 Å². The maximum Gasteiger partial charge on any atom is 0.289 e. The number of hydrogen-bond acceptors (Lipinski definition) is 5. The third-order valence-electron chi connectivity index (χ3n) is 2.80. The highest BCUT2D eigenvalue weighted by Crippen LogP contribution is 2.26. The zero-order valence-corrected chi connectivity index (χ0v) is 12.9. The Morgan fingerprint density at radius 3 is 2.52 bits per heavy atom. The number of nitrogens with zero attached hydrogens (tertiary/aromatic N) is 1. The quantitative estimate of drug-likeness (QED) is 0.407. The van der Waals surface area contributed by atoms with E-state index >= 15 is 0 Å². The standard InChI is InChI=1S/C12H17ClN2O5S/c13-11-6-5-10(9-12(11)15(17)18)21(19,20)14-7-3-1-2-4-8-16/h5-6,9,14,16H,1-4,7-8H2. The molecule has 1 aromatic rings. The number of benzene rings is 1. The van der Waals surface area contributed by atoms with Gasteiger partial charge in [-0.15, -0.1) is 0 Å². The Morgan fingerprint density at radius 1 is 1.24 bits per heavy atom. The van der Waals surface area contributed by atoms with Crippen LogP contribution in [-0.4, -0.2) is 31.6 Å². The topological polar surface area (TPSA) is 110 Å². The largest absolute Gasteiger partial charge is 0.396 e. The second-order valence-electron chi connectivity index (χ2n) is 4.41. The lowest BCUT2D eigenvalue weighted by Crippen LogP contribution is -2.24. The van der Waals surface area contributed by atoms with E-state index in [4.69, 9.17) is 16.7 Å². The number of aliphatic hydroxyl groups excluding tert-OH is 1. The molecule has 21 heavy (non-hydrogen) atoms. The molecule has 0 fully saturated rings. The summed E-state index contributed by atoms with van der Waals surface area (Å²) in [5.41, 5.74) is -0.442. The number of unbranched alkanes of at least 4 members (excludes halogenated alkanes) is 3. The molecular formula is C12H17ClN2O5S. The molecule has 0 bridgehead atoms. The number of nitro groups is 1. The molecule has 0 saturated heterocycles. The Hall–Kier alpha value is -1.22. The molecule has 0 aliphatic heterocycles. The fourth-order valence-electron chi connectivity index (χ4n) is 1.68. The minimum atomic E-state index is -3.79. The molecule has 118 valence electrons. The van der Waals surface area contributed by atoms with Gasteiger partial charge in [-0.1, -0.05) is 24.4 Å². The van der Waals surface area contributed by atoms with Crippen molar-refractivity contribution in [3.05, 3.63) is 33.3 Å². The van der Waals surface area contributed by atoms with Gasteiger partial charge in [0.15, 0.2) is 0 Å². The third-order valence-corrected chi connectivity index (χ3v) is 4.58. The first-order valence-electron chi connectivity index (χ1n) is 6.43. The molecule has 9 heteroatoms. The van der Waals surface area contributed by atoms with E-state index in [0.717, 1.165) is 18.9 Å². The Balaban J connectivity index is 2.66. The zero-order chi connectivity index (χ0) is 15.9. The van der Waals surface area contributed by atoms with E-state index in [9.17, 15) is 18.5 Å². The highest BCUT2D eigenvalue weighted by molar-refractivity contribution is 7.89. The van der Waals surface area contributed by atoms with Crippen molar-refractivity contribution < 1.29 is 18.4 Å². The number of rotatable bonds is 9. The van der Waals surface area contributed by atoms with E-state index < -0.39 is 20.6 Å². The predicted molar refractivity (Wildman–Crippen MR) is 78.8 cm³/mol. The summed E-state index contributed by atoms with van der Waals surface area (Å²) in [5, 5.41) is 19.3. The van der Waals surface area contributed by atoms with Crippen molar-refractivity contribution in [1.82, 2.24) is 4.72 Å². The van der Waals surface area contributed by atoms with Gasteiger partial charge in [-0.25, -0.2) is 13.1 Å². The van der Waals surface area contributed by atoms with Crippen LogP contribution < -0.4 is 4.72 Å². The van der Waals surface area contributed by atoms with Crippen molar-refractivity contribution >= 4 is 27.3 Å². The van der Waals surface area contributed by atoms with Gasteiger partial charge < -0.3 is 5.11 Å². The van der Waals surface area contributed by atoms with E-state index in [0.29, 0.717) is 12.8 Å². The van der Waals surface area contributed by atoms with Crippen LogP contribution in [-0.2, 0) is 10.0 Å². The van der Waals surface area contributed by atoms with Gasteiger partial charge in [-0.3, -0.25) is 10.1 Å². The van der Waals surface area contributed by atoms with Crippen LogP contribution in [0.1, 0.15) is 25.7 Å². The van der Waals surface area contributed by atoms with Crippen LogP contribution in [0.3, 0.4) is 0 Å². The van der Waals surface area contributed by atoms with Gasteiger partial charge in [0.2, 0.25) is 10.0 Å². The van der Waals surface area contributed by atoms with Crippen molar-refractivity contribution in [2.75, 3.05) is 13.2 Å². The zero-order valence-electron chi connectivity index (χ0n) is 11.3. The monoisotopic (exact) mass is 336 g/mol. The number of halogens is 1. The maximum absolute atomic E-state index is 12.0. The number of nitrogens with one attached hydrogen (secondary N) is 1. The molecule has 0 unspecified atom stereocenters. The molecule has 1 aromatic carbocycles. The second-order valence-corrected chi connectivity index (χ2v) is 6.58. The summed E-state index contributed by atoms with van der Waals surface area (Å²) in [6, 6.07) is 3.36. The number of sulfonamides is 1. The van der Waals surface area contributed by atoms with E-state index in [1.807, 2.05) is 0 Å². The molecule has 0 atom stereocenters. The van der Waals surface area contributed by atoms with Gasteiger partial charge in [0.1, 0.15) is 5.02 Å². The molecule has 0 spiro atoms. The van der Waals surface area contributed by atoms with Crippen LogP contribution in [0, 0.1) is 10.1 Å². The van der Waals surface area contributed by atoms with Crippen LogP contribution in [0.25, 0.3) is 0 Å². The molecule has 0 amide bonds. The van der Waals surface area contributed by atoms with Crippen LogP contribution >= 0.6 is 11.6 Å². The van der Waals surface area contributed by atoms with Gasteiger partial charge in [0.25, 0.3) is 5.69 Å². The van der Waals surface area contributed by atoms with Crippen molar-refractivity contribution in [2.24, 2.45) is 0 Å². The summed E-state index contributed by atoms with van der Waals surface area (Å²) >= 11 is 5.64. The van der Waals surface area contributed by atoms with E-state index in [1.54, 1.807) is 0 Å². The van der Waals surface area contributed by atoms with Crippen LogP contribution in [0.5, 0.6) is 0 Å². The van der Waals surface area contributed by atoms with Gasteiger partial charge in [-0.05, 0) is 25.0 Å². The Labute approximate surface area is 128 Å². The second kappa shape index (κ2) is 8.28. The lowest BCUT2D eigenvalue weighted by Gasteiger charge is -2.07. The number of nitro benzene ring substituents is 1. The maximum atomic E-state index is 12.0. The van der Waals surface area contributed by atoms with Gasteiger partial charge in [-0.2, -0.15) is 0 Å². The molecule has 0 radical (unpaired) electrons. The van der Waals surface area contributed by atoms with Crippen LogP contribution in [0.2, 0.25) is 5.02 Å². The first-order valence-corrected chi connectivity index (χ1v) is 8.29. The molecule has 1 rings (SSSR count). The minimum absolute atomic E-state index is 0.108. The van der Waals surface area contributed by atoms with Gasteiger partial charge in [0.05, 0.1) is 9.82 Å². The average Bonchev–Trinajstić information content (AvgIpc) is 2.42. The van der Waals surface area contributed by atoms with Crippen LogP contribution in [0.4, 0.5) is 5.69 Å². The molecule has 2 N–H and O–H groups in total. The molecule has 0 heterocycles. The number of hydrogen-bond donors (Lipinski definition) is 2. The molecule has 0 aliphatic carbocycles. The van der Waals surface area contributed by atoms with E-state index in [2.05, 4.69) is 4.72 Å². The molecule has 7 nitrogen and oxygen atoms in total. The van der Waals surface area contributed by atoms with Gasteiger partial charge in [0, 0.05) is 19.2 Å². The highest BCUT2D eigenvalue weighted by Gasteiger charge is 2.20. The van der Waals surface area contributed by atoms with E-state index in [1.165, 1.54) is 12.1 Å². The highest BCUT2D eigenvalue weighted by atomic mass is 35.5. The summed E-state index contributed by atoms with van der Waals surface area (Å²) in [6.07, 6.45) is 2.94. The smallest absolute Gasteiger partial charge is 0.289 e. The van der Waals surface area contributed by atoms with Crippen molar-refractivity contribution in [3.63, 3.8) is 0 Å². The summed E-state index contributed by atoms with van der Waals surface area (Å²) in [5.74, 6) is 0. The molecule has 0 aromatic heterocycles. The van der Waals surface area contributed by atoms with Crippen molar-refractivity contribution in [1.29, 1.82) is 0 Å². The molecule has 0 aliphatic rings. The summed E-state index contributed by atoms with van der Waals surface area (Å²) in [6.45, 7) is 0.365. The Bertz CT molecular complexity index is 591. The third kappa shape index (κ3) is 5.58. The fraction of sp³-hybridized carbons (Fsp3) is 0.500. The first kappa shape index (κ1) is 17.8. The Morgan fingerprint density at radius 2 is 1.90 bits per heavy atom. The summed E-state index contributed by atoms with van der Waals surface area (Å²) in [4.78, 5) is 9.84. The minimum Gasteiger partial charge on any atom is -0.396 e. The lowest BCUT2D eigenvalue weighted by molar-refractivity contribution is -0.384. The first-order chi connectivity index (χ1) is 9.88. The SMILES string of the molecule is O=[N+]([O-])c1cc(S(=O)(=O)NCCCCCCO)ccc1Cl.